The number of carbonyl (C=O) groups is 2. The molecule has 1 aromatic carbocycles. The van der Waals surface area contributed by atoms with Crippen molar-refractivity contribution < 1.29 is 9.59 Å². The number of halogens is 1. The van der Waals surface area contributed by atoms with Gasteiger partial charge in [0.05, 0.1) is 17.3 Å². The smallest absolute Gasteiger partial charge is 0.238 e. The van der Waals surface area contributed by atoms with Crippen molar-refractivity contribution in [1.29, 1.82) is 0 Å². The van der Waals surface area contributed by atoms with Gasteiger partial charge in [0, 0.05) is 12.1 Å². The van der Waals surface area contributed by atoms with E-state index in [1.807, 2.05) is 6.92 Å². The topological polar surface area (TPSA) is 84.2 Å². The maximum atomic E-state index is 11.6. The first kappa shape index (κ1) is 15.5. The summed E-state index contributed by atoms with van der Waals surface area (Å²) in [5.74, 6) is -0.392. The molecule has 0 unspecified atom stereocenters. The van der Waals surface area contributed by atoms with Crippen molar-refractivity contribution in [2.75, 3.05) is 17.2 Å². The van der Waals surface area contributed by atoms with Crippen LogP contribution in [-0.4, -0.2) is 18.4 Å². The molecule has 19 heavy (non-hydrogen) atoms. The predicted octanol–water partition coefficient (Wildman–Crippen LogP) is 2.37. The van der Waals surface area contributed by atoms with E-state index < -0.39 is 0 Å². The lowest BCUT2D eigenvalue weighted by molar-refractivity contribution is -0.116. The van der Waals surface area contributed by atoms with Gasteiger partial charge < -0.3 is 16.4 Å². The van der Waals surface area contributed by atoms with Crippen LogP contribution in [0.4, 0.5) is 11.4 Å². The average Bonchev–Trinajstić information content (AvgIpc) is 2.40. The van der Waals surface area contributed by atoms with E-state index in [0.717, 1.165) is 12.8 Å². The molecular weight excluding hydrogens is 266 g/mol. The molecule has 0 saturated carbocycles. The van der Waals surface area contributed by atoms with Crippen LogP contribution in [0.25, 0.3) is 0 Å². The summed E-state index contributed by atoms with van der Waals surface area (Å²) in [6.07, 6.45) is 2.23. The Bertz CT molecular complexity index is 463. The minimum atomic E-state index is -0.300. The standard InChI is InChI=1S/C13H18ClN3O2/c1-2-3-4-12(18)17-11-7-9(5-6-10(11)14)16-13(19)8-15/h5-7H,2-4,8,15H2,1H3,(H,16,19)(H,17,18). The van der Waals surface area contributed by atoms with Crippen molar-refractivity contribution in [2.24, 2.45) is 5.73 Å². The molecule has 0 aromatic heterocycles. The van der Waals surface area contributed by atoms with Gasteiger partial charge in [0.25, 0.3) is 0 Å². The van der Waals surface area contributed by atoms with Gasteiger partial charge >= 0.3 is 0 Å². The fraction of sp³-hybridized carbons (Fsp3) is 0.385. The van der Waals surface area contributed by atoms with Crippen LogP contribution in [0.5, 0.6) is 0 Å². The monoisotopic (exact) mass is 283 g/mol. The Kier molecular flexibility index (Phi) is 6.32. The summed E-state index contributed by atoms with van der Waals surface area (Å²) in [4.78, 5) is 22.8. The second kappa shape index (κ2) is 7.76. The molecule has 1 rings (SSSR count). The highest BCUT2D eigenvalue weighted by atomic mass is 35.5. The summed E-state index contributed by atoms with van der Waals surface area (Å²) < 4.78 is 0. The fourth-order valence-electron chi connectivity index (χ4n) is 1.46. The third-order valence-electron chi connectivity index (χ3n) is 2.47. The summed E-state index contributed by atoms with van der Waals surface area (Å²) >= 11 is 5.99. The molecule has 1 aromatic rings. The number of carbonyl (C=O) groups excluding carboxylic acids is 2. The molecule has 0 atom stereocenters. The van der Waals surface area contributed by atoms with Crippen LogP contribution in [0.1, 0.15) is 26.2 Å². The number of unbranched alkanes of at least 4 members (excludes halogenated alkanes) is 1. The summed E-state index contributed by atoms with van der Waals surface area (Å²) in [5.41, 5.74) is 6.25. The number of nitrogens with one attached hydrogen (secondary N) is 2. The van der Waals surface area contributed by atoms with Gasteiger partial charge in [-0.2, -0.15) is 0 Å². The van der Waals surface area contributed by atoms with Gasteiger partial charge in [0.2, 0.25) is 11.8 Å². The highest BCUT2D eigenvalue weighted by molar-refractivity contribution is 6.33. The van der Waals surface area contributed by atoms with Crippen LogP contribution in [-0.2, 0) is 9.59 Å². The largest absolute Gasteiger partial charge is 0.325 e. The number of rotatable bonds is 6. The Morgan fingerprint density at radius 2 is 2.00 bits per heavy atom. The number of anilines is 2. The van der Waals surface area contributed by atoms with Gasteiger partial charge in [-0.05, 0) is 24.6 Å². The molecule has 104 valence electrons. The summed E-state index contributed by atoms with van der Waals surface area (Å²) in [5, 5.41) is 5.75. The van der Waals surface area contributed by atoms with E-state index in [9.17, 15) is 9.59 Å². The molecule has 0 spiro atoms. The minimum absolute atomic E-state index is 0.0916. The molecule has 0 saturated heterocycles. The van der Waals surface area contributed by atoms with Gasteiger partial charge in [0.1, 0.15) is 0 Å². The summed E-state index contributed by atoms with van der Waals surface area (Å²) in [7, 11) is 0. The van der Waals surface area contributed by atoms with Gasteiger partial charge in [-0.15, -0.1) is 0 Å². The lowest BCUT2D eigenvalue weighted by atomic mass is 10.2. The summed E-state index contributed by atoms with van der Waals surface area (Å²) in [6, 6.07) is 4.88. The molecule has 2 amide bonds. The molecule has 0 aliphatic rings. The van der Waals surface area contributed by atoms with Crippen LogP contribution in [0.15, 0.2) is 18.2 Å². The van der Waals surface area contributed by atoms with Crippen molar-refractivity contribution in [3.8, 4) is 0 Å². The van der Waals surface area contributed by atoms with Crippen molar-refractivity contribution >= 4 is 34.8 Å². The molecule has 0 heterocycles. The molecule has 6 heteroatoms. The minimum Gasteiger partial charge on any atom is -0.325 e. The third kappa shape index (κ3) is 5.28. The Hall–Kier alpha value is -1.59. The van der Waals surface area contributed by atoms with Crippen molar-refractivity contribution in [1.82, 2.24) is 0 Å². The van der Waals surface area contributed by atoms with Crippen LogP contribution in [0.3, 0.4) is 0 Å². The van der Waals surface area contributed by atoms with Crippen LogP contribution in [0, 0.1) is 0 Å². The zero-order chi connectivity index (χ0) is 14.3. The van der Waals surface area contributed by atoms with Crippen LogP contribution >= 0.6 is 11.6 Å². The van der Waals surface area contributed by atoms with Gasteiger partial charge in [-0.1, -0.05) is 24.9 Å². The van der Waals surface area contributed by atoms with E-state index >= 15 is 0 Å². The van der Waals surface area contributed by atoms with Crippen molar-refractivity contribution in [3.63, 3.8) is 0 Å². The summed E-state index contributed by atoms with van der Waals surface area (Å²) in [6.45, 7) is 1.92. The number of amides is 2. The SMILES string of the molecule is CCCCC(=O)Nc1cc(NC(=O)CN)ccc1Cl. The number of benzene rings is 1. The predicted molar refractivity (Wildman–Crippen MR) is 77.3 cm³/mol. The Labute approximate surface area is 117 Å². The fourth-order valence-corrected chi connectivity index (χ4v) is 1.63. The zero-order valence-corrected chi connectivity index (χ0v) is 11.6. The third-order valence-corrected chi connectivity index (χ3v) is 2.80. The molecule has 0 bridgehead atoms. The van der Waals surface area contributed by atoms with Crippen LogP contribution in [0.2, 0.25) is 5.02 Å². The number of hydrogen-bond acceptors (Lipinski definition) is 3. The van der Waals surface area contributed by atoms with E-state index in [-0.39, 0.29) is 18.4 Å². The Morgan fingerprint density at radius 1 is 1.26 bits per heavy atom. The Morgan fingerprint density at radius 3 is 2.63 bits per heavy atom. The zero-order valence-electron chi connectivity index (χ0n) is 10.8. The first-order chi connectivity index (χ1) is 9.06. The van der Waals surface area contributed by atoms with E-state index in [1.165, 1.54) is 0 Å². The molecule has 0 aliphatic carbocycles. The highest BCUT2D eigenvalue weighted by Crippen LogP contribution is 2.25. The van der Waals surface area contributed by atoms with Gasteiger partial charge in [-0.25, -0.2) is 0 Å². The van der Waals surface area contributed by atoms with E-state index in [2.05, 4.69) is 10.6 Å². The average molecular weight is 284 g/mol. The number of hydrogen-bond donors (Lipinski definition) is 3. The Balaban J connectivity index is 2.74. The second-order valence-electron chi connectivity index (χ2n) is 4.10. The molecule has 0 radical (unpaired) electrons. The molecule has 0 aliphatic heterocycles. The maximum absolute atomic E-state index is 11.6. The van der Waals surface area contributed by atoms with Crippen molar-refractivity contribution in [2.45, 2.75) is 26.2 Å². The molecular formula is C13H18ClN3O2. The normalized spacial score (nSPS) is 10.1. The van der Waals surface area contributed by atoms with Crippen molar-refractivity contribution in [3.05, 3.63) is 23.2 Å². The molecule has 5 nitrogen and oxygen atoms in total. The van der Waals surface area contributed by atoms with E-state index in [0.29, 0.717) is 22.8 Å². The van der Waals surface area contributed by atoms with Gasteiger partial charge in [0.15, 0.2) is 0 Å². The highest BCUT2D eigenvalue weighted by Gasteiger charge is 2.07. The first-order valence-electron chi connectivity index (χ1n) is 6.16. The van der Waals surface area contributed by atoms with E-state index in [4.69, 9.17) is 17.3 Å². The molecule has 0 fully saturated rings. The quantitative estimate of drug-likeness (QED) is 0.749. The molecule has 4 N–H and O–H groups in total. The lowest BCUT2D eigenvalue weighted by Gasteiger charge is -2.10. The van der Waals surface area contributed by atoms with Crippen LogP contribution < -0.4 is 16.4 Å². The maximum Gasteiger partial charge on any atom is 0.238 e. The lowest BCUT2D eigenvalue weighted by Crippen LogP contribution is -2.22. The first-order valence-corrected chi connectivity index (χ1v) is 6.54. The second-order valence-corrected chi connectivity index (χ2v) is 4.51. The number of nitrogens with two attached hydrogens (primary N) is 1. The van der Waals surface area contributed by atoms with E-state index in [1.54, 1.807) is 18.2 Å². The van der Waals surface area contributed by atoms with Gasteiger partial charge in [-0.3, -0.25) is 9.59 Å².